The monoisotopic (exact) mass is 621 g/mol. The van der Waals surface area contributed by atoms with E-state index in [1.807, 2.05) is 34.6 Å². The maximum absolute atomic E-state index is 14.9. The highest BCUT2D eigenvalue weighted by molar-refractivity contribution is 6.05. The minimum absolute atomic E-state index is 0.134. The van der Waals surface area contributed by atoms with Crippen LogP contribution in [0.4, 0.5) is 16.0 Å². The van der Waals surface area contributed by atoms with Gasteiger partial charge in [-0.3, -0.25) is 14.7 Å². The number of hydrogen-bond acceptors (Lipinski definition) is 10. The molecule has 46 heavy (non-hydrogen) atoms. The van der Waals surface area contributed by atoms with Gasteiger partial charge in [0.2, 0.25) is 17.7 Å². The number of halogens is 1. The Kier molecular flexibility index (Phi) is 6.86. The first-order valence-electron chi connectivity index (χ1n) is 15.4. The molecule has 0 atom stereocenters. The number of nitrogens with zero attached hydrogens (tertiary/aromatic N) is 9. The van der Waals surface area contributed by atoms with Crippen molar-refractivity contribution in [3.63, 3.8) is 0 Å². The molecular formula is C32H32FN11O2. The zero-order valence-corrected chi connectivity index (χ0v) is 25.2. The summed E-state index contributed by atoms with van der Waals surface area (Å²) in [5.74, 6) is 0.649. The largest absolute Gasteiger partial charge is 0.445 e. The van der Waals surface area contributed by atoms with Crippen LogP contribution in [0.15, 0.2) is 59.5 Å². The number of aromatic nitrogens is 7. The molecule has 6 heterocycles. The maximum atomic E-state index is 14.9. The van der Waals surface area contributed by atoms with Gasteiger partial charge in [0.1, 0.15) is 29.1 Å². The van der Waals surface area contributed by atoms with Crippen molar-refractivity contribution in [2.45, 2.75) is 32.4 Å². The van der Waals surface area contributed by atoms with Crippen LogP contribution in [0.5, 0.6) is 0 Å². The molecule has 1 aliphatic heterocycles. The fourth-order valence-electron chi connectivity index (χ4n) is 6.21. The van der Waals surface area contributed by atoms with E-state index in [9.17, 15) is 9.18 Å². The van der Waals surface area contributed by atoms with Gasteiger partial charge in [-0.15, -0.1) is 5.10 Å². The lowest BCUT2D eigenvalue weighted by Crippen LogP contribution is -2.47. The molecule has 14 heteroatoms. The van der Waals surface area contributed by atoms with E-state index in [0.29, 0.717) is 66.3 Å². The Bertz CT molecular complexity index is 2060. The average molecular weight is 622 g/mol. The molecule has 5 aromatic heterocycles. The number of amides is 1. The molecule has 2 aliphatic rings. The Morgan fingerprint density at radius 3 is 2.63 bits per heavy atom. The first-order chi connectivity index (χ1) is 22.4. The lowest BCUT2D eigenvalue weighted by Gasteiger charge is -2.36. The number of rotatable bonds is 8. The third kappa shape index (κ3) is 5.00. The number of aryl methyl sites for hydroxylation is 1. The molecular weight excluding hydrogens is 589 g/mol. The predicted molar refractivity (Wildman–Crippen MR) is 170 cm³/mol. The number of nitrogens with one attached hydrogen (secondary N) is 1. The third-order valence-corrected chi connectivity index (χ3v) is 8.75. The molecule has 8 rings (SSSR count). The smallest absolute Gasteiger partial charge is 0.268 e. The summed E-state index contributed by atoms with van der Waals surface area (Å²) in [7, 11) is 0. The van der Waals surface area contributed by atoms with Gasteiger partial charge in [-0.2, -0.15) is 9.50 Å². The molecule has 0 radical (unpaired) electrons. The van der Waals surface area contributed by atoms with Crippen molar-refractivity contribution in [2.24, 2.45) is 0 Å². The molecule has 1 saturated carbocycles. The Labute approximate surface area is 262 Å². The molecule has 1 aromatic carbocycles. The second kappa shape index (κ2) is 11.2. The summed E-state index contributed by atoms with van der Waals surface area (Å²) in [6, 6.07) is 10.7. The Morgan fingerprint density at radius 1 is 1.04 bits per heavy atom. The quantitative estimate of drug-likeness (QED) is 0.259. The Hall–Kier alpha value is -5.37. The fraction of sp³-hybridized carbons (Fsp3) is 0.312. The number of benzene rings is 1. The summed E-state index contributed by atoms with van der Waals surface area (Å²) in [4.78, 5) is 36.1. The molecule has 0 bridgehead atoms. The summed E-state index contributed by atoms with van der Waals surface area (Å²) in [6.07, 6.45) is 6.72. The number of hydrogen-bond donors (Lipinski definition) is 2. The van der Waals surface area contributed by atoms with Gasteiger partial charge in [0.25, 0.3) is 5.91 Å². The van der Waals surface area contributed by atoms with Crippen molar-refractivity contribution < 1.29 is 13.6 Å². The van der Waals surface area contributed by atoms with Crippen LogP contribution in [0.3, 0.4) is 0 Å². The number of oxazole rings is 1. The first-order valence-corrected chi connectivity index (χ1v) is 15.4. The first kappa shape index (κ1) is 28.1. The van der Waals surface area contributed by atoms with Crippen LogP contribution < -0.4 is 16.0 Å². The molecule has 1 saturated heterocycles. The Morgan fingerprint density at radius 2 is 1.89 bits per heavy atom. The highest BCUT2D eigenvalue weighted by Crippen LogP contribution is 2.32. The van der Waals surface area contributed by atoms with Gasteiger partial charge in [-0.05, 0) is 55.7 Å². The van der Waals surface area contributed by atoms with E-state index in [1.54, 1.807) is 24.5 Å². The standard InChI is InChI=1S/C32H32FN11O2/c1-19-25-28(39-32(34)44-29(25)38-27(40-44)23-4-2-3-9-35-23)43(26(19)30(45)37-21-6-7-21)16-13-41-11-14-42(15-12-41)24-18-20(5-8-22(24)33)31-36-10-17-46-31/h2-5,8-10,17-18,21H,6-7,11-16H2,1H3,(H2,34,39)(H,37,45). The van der Waals surface area contributed by atoms with Crippen LogP contribution in [0.1, 0.15) is 28.9 Å². The lowest BCUT2D eigenvalue weighted by atomic mass is 10.1. The lowest BCUT2D eigenvalue weighted by molar-refractivity contribution is 0.0940. The molecule has 0 spiro atoms. The number of nitrogen functional groups attached to an aromatic ring is 1. The number of pyridine rings is 1. The normalized spacial score (nSPS) is 15.7. The topological polar surface area (TPSA) is 149 Å². The zero-order chi connectivity index (χ0) is 31.4. The summed E-state index contributed by atoms with van der Waals surface area (Å²) in [5.41, 5.74) is 10.8. The van der Waals surface area contributed by atoms with E-state index in [0.717, 1.165) is 42.4 Å². The third-order valence-electron chi connectivity index (χ3n) is 8.75. The Balaban J connectivity index is 1.07. The highest BCUT2D eigenvalue weighted by atomic mass is 19.1. The summed E-state index contributed by atoms with van der Waals surface area (Å²) in [5, 5.41) is 8.47. The molecule has 3 N–H and O–H groups in total. The minimum Gasteiger partial charge on any atom is -0.445 e. The van der Waals surface area contributed by atoms with Crippen molar-refractivity contribution >= 4 is 34.2 Å². The average Bonchev–Trinajstić information content (AvgIpc) is 3.43. The number of nitrogens with two attached hydrogens (primary N) is 1. The van der Waals surface area contributed by atoms with Crippen LogP contribution in [0.2, 0.25) is 0 Å². The van der Waals surface area contributed by atoms with E-state index < -0.39 is 0 Å². The van der Waals surface area contributed by atoms with Crippen molar-refractivity contribution in [1.29, 1.82) is 0 Å². The van der Waals surface area contributed by atoms with Gasteiger partial charge < -0.3 is 24.9 Å². The molecule has 1 aliphatic carbocycles. The van der Waals surface area contributed by atoms with Crippen LogP contribution in [0.25, 0.3) is 39.7 Å². The number of fused-ring (bicyclic) bond motifs is 3. The second-order valence-electron chi connectivity index (χ2n) is 11.8. The molecule has 0 unspecified atom stereocenters. The van der Waals surface area contributed by atoms with Gasteiger partial charge in [0.15, 0.2) is 5.65 Å². The molecule has 2 fully saturated rings. The zero-order valence-electron chi connectivity index (χ0n) is 25.2. The van der Waals surface area contributed by atoms with Crippen LogP contribution in [-0.2, 0) is 6.54 Å². The van der Waals surface area contributed by atoms with Crippen molar-refractivity contribution in [3.8, 4) is 23.0 Å². The van der Waals surface area contributed by atoms with Gasteiger partial charge >= 0.3 is 0 Å². The van der Waals surface area contributed by atoms with E-state index in [2.05, 4.69) is 25.3 Å². The van der Waals surface area contributed by atoms with E-state index in [1.165, 1.54) is 16.8 Å². The molecule has 1 amide bonds. The highest BCUT2D eigenvalue weighted by Gasteiger charge is 2.30. The summed E-state index contributed by atoms with van der Waals surface area (Å²) in [6.45, 7) is 5.84. The fourth-order valence-corrected chi connectivity index (χ4v) is 6.21. The van der Waals surface area contributed by atoms with Gasteiger partial charge in [-0.25, -0.2) is 14.4 Å². The minimum atomic E-state index is -0.279. The predicted octanol–water partition coefficient (Wildman–Crippen LogP) is 3.54. The van der Waals surface area contributed by atoms with Crippen LogP contribution in [0, 0.1) is 12.7 Å². The SMILES string of the molecule is Cc1c(C(=O)NC2CC2)n(CCN2CCN(c3cc(-c4ncco4)ccc3F)CC2)c2nc(N)n3nc(-c4ccccn4)nc3c12. The van der Waals surface area contributed by atoms with Crippen LogP contribution in [-0.4, -0.2) is 83.7 Å². The molecule has 6 aromatic rings. The number of piperazine rings is 1. The van der Waals surface area contributed by atoms with E-state index >= 15 is 0 Å². The van der Waals surface area contributed by atoms with Crippen molar-refractivity contribution in [3.05, 3.63) is 72.1 Å². The maximum Gasteiger partial charge on any atom is 0.268 e. The number of carbonyl (C=O) groups excluding carboxylic acids is 1. The summed E-state index contributed by atoms with van der Waals surface area (Å²) < 4.78 is 23.8. The molecule has 234 valence electrons. The van der Waals surface area contributed by atoms with Gasteiger partial charge in [-0.1, -0.05) is 6.07 Å². The summed E-state index contributed by atoms with van der Waals surface area (Å²) >= 11 is 0. The van der Waals surface area contributed by atoms with Crippen molar-refractivity contribution in [1.82, 2.24) is 44.3 Å². The molecule has 13 nitrogen and oxygen atoms in total. The number of anilines is 2. The number of carbonyl (C=O) groups is 1. The van der Waals surface area contributed by atoms with Crippen LogP contribution >= 0.6 is 0 Å². The second-order valence-corrected chi connectivity index (χ2v) is 11.8. The van der Waals surface area contributed by atoms with E-state index in [-0.39, 0.29) is 23.7 Å². The van der Waals surface area contributed by atoms with Gasteiger partial charge in [0.05, 0.1) is 17.3 Å². The van der Waals surface area contributed by atoms with E-state index in [4.69, 9.17) is 20.1 Å². The van der Waals surface area contributed by atoms with Gasteiger partial charge in [0, 0.05) is 57.1 Å². The van der Waals surface area contributed by atoms with Crippen molar-refractivity contribution in [2.75, 3.05) is 43.4 Å².